The van der Waals surface area contributed by atoms with E-state index in [0.29, 0.717) is 12.1 Å². The second-order valence-electron chi connectivity index (χ2n) is 6.47. The first-order chi connectivity index (χ1) is 11.1. The van der Waals surface area contributed by atoms with Crippen molar-refractivity contribution in [2.45, 2.75) is 51.1 Å². The van der Waals surface area contributed by atoms with Gasteiger partial charge in [0.2, 0.25) is 5.91 Å². The average Bonchev–Trinajstić information content (AvgIpc) is 2.84. The minimum Gasteiger partial charge on any atom is -0.396 e. The fourth-order valence-corrected chi connectivity index (χ4v) is 3.83. The van der Waals surface area contributed by atoms with Crippen LogP contribution in [0.3, 0.4) is 0 Å². The van der Waals surface area contributed by atoms with E-state index in [-0.39, 0.29) is 36.9 Å². The quantitative estimate of drug-likeness (QED) is 0.862. The summed E-state index contributed by atoms with van der Waals surface area (Å²) in [7, 11) is 0. The first-order valence-corrected chi connectivity index (χ1v) is 8.42. The van der Waals surface area contributed by atoms with E-state index in [9.17, 15) is 14.7 Å². The normalized spacial score (nSPS) is 26.1. The van der Waals surface area contributed by atoms with Crippen LogP contribution in [0.2, 0.25) is 0 Å². The molecule has 2 amide bonds. The summed E-state index contributed by atoms with van der Waals surface area (Å²) in [6.45, 7) is 2.87. The summed E-state index contributed by atoms with van der Waals surface area (Å²) in [6, 6.07) is 7.33. The number of imide groups is 1. The molecule has 2 aliphatic heterocycles. The molecule has 0 aliphatic carbocycles. The van der Waals surface area contributed by atoms with Crippen LogP contribution < -0.4 is 4.90 Å². The van der Waals surface area contributed by atoms with Gasteiger partial charge in [-0.15, -0.1) is 0 Å². The summed E-state index contributed by atoms with van der Waals surface area (Å²) >= 11 is 0. The Hall–Kier alpha value is -1.72. The van der Waals surface area contributed by atoms with Crippen molar-refractivity contribution >= 4 is 17.5 Å². The molecule has 1 aromatic rings. The zero-order chi connectivity index (χ0) is 16.4. The summed E-state index contributed by atoms with van der Waals surface area (Å²) < 4.78 is 0. The second-order valence-corrected chi connectivity index (χ2v) is 6.47. The number of aryl methyl sites for hydroxylation is 1. The molecule has 5 nitrogen and oxygen atoms in total. The Morgan fingerprint density at radius 3 is 2.74 bits per heavy atom. The molecule has 2 heterocycles. The minimum absolute atomic E-state index is 0.117. The zero-order valence-corrected chi connectivity index (χ0v) is 13.6. The molecule has 2 aliphatic rings. The number of anilines is 1. The molecule has 124 valence electrons. The third kappa shape index (κ3) is 3.03. The molecule has 1 aromatic carbocycles. The standard InChI is InChI=1S/C18H24N2O3/c1-13-6-2-3-8-15(13)20-17(22)12-16(18(20)23)19-10-5-4-7-14(19)9-11-21/h2-3,6,8,14,16,21H,4-5,7,9-12H2,1H3/t14-,16+/m0/s1. The molecule has 0 saturated carbocycles. The van der Waals surface area contributed by atoms with Crippen molar-refractivity contribution in [1.29, 1.82) is 0 Å². The van der Waals surface area contributed by atoms with Crippen LogP contribution in [-0.2, 0) is 9.59 Å². The maximum Gasteiger partial charge on any atom is 0.251 e. The molecule has 2 saturated heterocycles. The van der Waals surface area contributed by atoms with Gasteiger partial charge in [0.25, 0.3) is 5.91 Å². The van der Waals surface area contributed by atoms with E-state index < -0.39 is 0 Å². The van der Waals surface area contributed by atoms with E-state index in [0.717, 1.165) is 31.4 Å². The monoisotopic (exact) mass is 316 g/mol. The van der Waals surface area contributed by atoms with E-state index in [1.165, 1.54) is 4.90 Å². The first kappa shape index (κ1) is 16.1. The highest BCUT2D eigenvalue weighted by atomic mass is 16.3. The number of likely N-dealkylation sites (tertiary alicyclic amines) is 1. The Kier molecular flexibility index (Phi) is 4.78. The number of benzene rings is 1. The van der Waals surface area contributed by atoms with Gasteiger partial charge < -0.3 is 5.11 Å². The number of carbonyl (C=O) groups is 2. The largest absolute Gasteiger partial charge is 0.396 e. The molecular formula is C18H24N2O3. The molecule has 2 fully saturated rings. The van der Waals surface area contributed by atoms with E-state index in [1.807, 2.05) is 31.2 Å². The number of nitrogens with zero attached hydrogens (tertiary/aromatic N) is 2. The lowest BCUT2D eigenvalue weighted by Crippen LogP contribution is -2.50. The van der Waals surface area contributed by atoms with Gasteiger partial charge in [-0.1, -0.05) is 24.6 Å². The van der Waals surface area contributed by atoms with Gasteiger partial charge in [-0.3, -0.25) is 14.5 Å². The number of piperidine rings is 1. The second kappa shape index (κ2) is 6.81. The molecule has 3 rings (SSSR count). The third-order valence-corrected chi connectivity index (χ3v) is 5.01. The summed E-state index contributed by atoms with van der Waals surface area (Å²) in [5.41, 5.74) is 1.63. The molecule has 1 N–H and O–H groups in total. The van der Waals surface area contributed by atoms with E-state index in [4.69, 9.17) is 0 Å². The van der Waals surface area contributed by atoms with Crippen LogP contribution in [0.15, 0.2) is 24.3 Å². The van der Waals surface area contributed by atoms with Crippen LogP contribution >= 0.6 is 0 Å². The molecule has 0 radical (unpaired) electrons. The Balaban J connectivity index is 1.84. The van der Waals surface area contributed by atoms with Gasteiger partial charge >= 0.3 is 0 Å². The lowest BCUT2D eigenvalue weighted by atomic mass is 9.97. The number of hydrogen-bond acceptors (Lipinski definition) is 4. The third-order valence-electron chi connectivity index (χ3n) is 5.01. The van der Waals surface area contributed by atoms with Crippen LogP contribution in [0.1, 0.15) is 37.7 Å². The number of carbonyl (C=O) groups excluding carboxylic acids is 2. The van der Waals surface area contributed by atoms with Crippen LogP contribution in [-0.4, -0.2) is 47.1 Å². The van der Waals surface area contributed by atoms with Crippen molar-refractivity contribution in [3.63, 3.8) is 0 Å². The summed E-state index contributed by atoms with van der Waals surface area (Å²) in [4.78, 5) is 28.9. The van der Waals surface area contributed by atoms with Crippen LogP contribution in [0.25, 0.3) is 0 Å². The Bertz CT molecular complexity index is 600. The van der Waals surface area contributed by atoms with Gasteiger partial charge in [-0.25, -0.2) is 4.90 Å². The van der Waals surface area contributed by atoms with E-state index >= 15 is 0 Å². The Labute approximate surface area is 136 Å². The molecular weight excluding hydrogens is 292 g/mol. The van der Waals surface area contributed by atoms with E-state index in [2.05, 4.69) is 4.90 Å². The van der Waals surface area contributed by atoms with Crippen molar-refractivity contribution in [1.82, 2.24) is 4.90 Å². The predicted octanol–water partition coefficient (Wildman–Crippen LogP) is 1.86. The first-order valence-electron chi connectivity index (χ1n) is 8.42. The van der Waals surface area contributed by atoms with Crippen molar-refractivity contribution in [3.05, 3.63) is 29.8 Å². The topological polar surface area (TPSA) is 60.9 Å². The zero-order valence-electron chi connectivity index (χ0n) is 13.6. The fraction of sp³-hybridized carbons (Fsp3) is 0.556. The Morgan fingerprint density at radius 2 is 2.00 bits per heavy atom. The Morgan fingerprint density at radius 1 is 1.22 bits per heavy atom. The number of aliphatic hydroxyl groups excluding tert-OH is 1. The number of rotatable bonds is 4. The van der Waals surface area contributed by atoms with Gasteiger partial charge in [0, 0.05) is 12.6 Å². The summed E-state index contributed by atoms with van der Waals surface area (Å²) in [5.74, 6) is -0.239. The molecule has 2 atom stereocenters. The number of para-hydroxylation sites is 1. The lowest BCUT2D eigenvalue weighted by molar-refractivity contribution is -0.124. The van der Waals surface area contributed by atoms with Gasteiger partial charge in [0.15, 0.2) is 0 Å². The molecule has 5 heteroatoms. The SMILES string of the molecule is Cc1ccccc1N1C(=O)C[C@@H](N2CCCC[C@H]2CCO)C1=O. The van der Waals surface area contributed by atoms with Crippen LogP contribution in [0, 0.1) is 6.92 Å². The predicted molar refractivity (Wildman–Crippen MR) is 88.1 cm³/mol. The maximum absolute atomic E-state index is 12.9. The maximum atomic E-state index is 12.9. The molecule has 0 aromatic heterocycles. The van der Waals surface area contributed by atoms with Crippen molar-refractivity contribution < 1.29 is 14.7 Å². The molecule has 0 unspecified atom stereocenters. The van der Waals surface area contributed by atoms with Crippen molar-refractivity contribution in [2.75, 3.05) is 18.1 Å². The van der Waals surface area contributed by atoms with Gasteiger partial charge in [0.1, 0.15) is 0 Å². The fourth-order valence-electron chi connectivity index (χ4n) is 3.83. The number of amides is 2. The lowest BCUT2D eigenvalue weighted by Gasteiger charge is -2.38. The summed E-state index contributed by atoms with van der Waals surface area (Å²) in [5, 5.41) is 9.27. The minimum atomic E-state index is -0.376. The molecule has 0 spiro atoms. The average molecular weight is 316 g/mol. The highest BCUT2D eigenvalue weighted by Crippen LogP contribution is 2.31. The highest BCUT2D eigenvalue weighted by molar-refractivity contribution is 6.22. The summed E-state index contributed by atoms with van der Waals surface area (Å²) in [6.07, 6.45) is 4.07. The number of aliphatic hydroxyl groups is 1. The van der Waals surface area contributed by atoms with Crippen LogP contribution in [0.5, 0.6) is 0 Å². The van der Waals surface area contributed by atoms with Gasteiger partial charge in [-0.2, -0.15) is 0 Å². The van der Waals surface area contributed by atoms with Gasteiger partial charge in [0.05, 0.1) is 18.2 Å². The molecule has 23 heavy (non-hydrogen) atoms. The highest BCUT2D eigenvalue weighted by Gasteiger charge is 2.45. The van der Waals surface area contributed by atoms with Crippen molar-refractivity contribution in [3.8, 4) is 0 Å². The molecule has 0 bridgehead atoms. The smallest absolute Gasteiger partial charge is 0.251 e. The van der Waals surface area contributed by atoms with Gasteiger partial charge in [-0.05, 0) is 44.4 Å². The van der Waals surface area contributed by atoms with Crippen LogP contribution in [0.4, 0.5) is 5.69 Å². The van der Waals surface area contributed by atoms with E-state index in [1.54, 1.807) is 0 Å². The van der Waals surface area contributed by atoms with Crippen molar-refractivity contribution in [2.24, 2.45) is 0 Å². The number of hydrogen-bond donors (Lipinski definition) is 1.